The molecule has 1 heterocycles. The van der Waals surface area contributed by atoms with Gasteiger partial charge in [0.15, 0.2) is 0 Å². The summed E-state index contributed by atoms with van der Waals surface area (Å²) < 4.78 is 0. The molecule has 5 nitrogen and oxygen atoms in total. The summed E-state index contributed by atoms with van der Waals surface area (Å²) in [5, 5.41) is 17.3. The van der Waals surface area contributed by atoms with Crippen molar-refractivity contribution in [1.82, 2.24) is 4.98 Å². The van der Waals surface area contributed by atoms with Gasteiger partial charge in [0, 0.05) is 0 Å². The van der Waals surface area contributed by atoms with Crippen molar-refractivity contribution in [2.45, 2.75) is 0 Å². The van der Waals surface area contributed by atoms with Gasteiger partial charge in [0.2, 0.25) is 0 Å². The molecule has 0 aliphatic carbocycles. The molecule has 0 aromatic carbocycles. The summed E-state index contributed by atoms with van der Waals surface area (Å²) in [5.41, 5.74) is 0.860. The maximum atomic E-state index is 10.6. The highest BCUT2D eigenvalue weighted by molar-refractivity contribution is 5.73. The van der Waals surface area contributed by atoms with Crippen LogP contribution in [0, 0.1) is 23.7 Å². The molecule has 0 fully saturated rings. The van der Waals surface area contributed by atoms with Gasteiger partial charge in [0.1, 0.15) is 18.3 Å². The van der Waals surface area contributed by atoms with E-state index in [0.717, 1.165) is 0 Å². The number of carboxylic acids is 1. The average molecular weight is 215 g/mol. The van der Waals surface area contributed by atoms with Crippen molar-refractivity contribution >= 4 is 11.7 Å². The van der Waals surface area contributed by atoms with Gasteiger partial charge in [-0.3, -0.25) is 4.79 Å². The normalized spacial score (nSPS) is 8.88. The van der Waals surface area contributed by atoms with Crippen LogP contribution in [0.4, 0.5) is 5.69 Å². The molecule has 0 unspecified atom stereocenters. The van der Waals surface area contributed by atoms with Crippen LogP contribution < -0.4 is 4.90 Å². The summed E-state index contributed by atoms with van der Waals surface area (Å²) in [4.78, 5) is 15.9. The number of rotatable bonds is 4. The molecule has 0 atom stereocenters. The fourth-order valence-corrected chi connectivity index (χ4v) is 1.15. The van der Waals surface area contributed by atoms with Crippen molar-refractivity contribution in [1.29, 1.82) is 5.26 Å². The fourth-order valence-electron chi connectivity index (χ4n) is 1.15. The minimum Gasteiger partial charge on any atom is -0.480 e. The van der Waals surface area contributed by atoms with Crippen LogP contribution in [0.5, 0.6) is 0 Å². The van der Waals surface area contributed by atoms with Crippen molar-refractivity contribution in [3.63, 3.8) is 0 Å². The Kier molecular flexibility index (Phi) is 3.88. The lowest BCUT2D eigenvalue weighted by molar-refractivity contribution is -0.135. The van der Waals surface area contributed by atoms with Gasteiger partial charge < -0.3 is 10.0 Å². The van der Waals surface area contributed by atoms with E-state index in [9.17, 15) is 4.79 Å². The van der Waals surface area contributed by atoms with E-state index in [1.807, 2.05) is 6.07 Å². The number of nitrogens with zero attached hydrogens (tertiary/aromatic N) is 3. The second kappa shape index (κ2) is 5.38. The molecule has 0 aliphatic heterocycles. The molecule has 1 aromatic rings. The highest BCUT2D eigenvalue weighted by Gasteiger charge is 2.09. The molecule has 0 spiro atoms. The summed E-state index contributed by atoms with van der Waals surface area (Å²) in [6.45, 7) is -0.0162. The SMILES string of the molecule is C#CCN(CC(=O)O)c1ccc(C#N)nc1. The maximum Gasteiger partial charge on any atom is 0.323 e. The minimum absolute atomic E-state index is 0.180. The standard InChI is InChI=1S/C11H9N3O2/c1-2-5-14(8-11(15)16)10-4-3-9(6-12)13-7-10/h1,3-4,7H,5,8H2,(H,15,16). The summed E-state index contributed by atoms with van der Waals surface area (Å²) in [6, 6.07) is 5.01. The largest absolute Gasteiger partial charge is 0.480 e. The Morgan fingerprint density at radius 3 is 2.81 bits per heavy atom. The average Bonchev–Trinajstić information content (AvgIpc) is 2.28. The lowest BCUT2D eigenvalue weighted by Gasteiger charge is -2.19. The quantitative estimate of drug-likeness (QED) is 0.739. The van der Waals surface area contributed by atoms with Crippen LogP contribution in [0.3, 0.4) is 0 Å². The van der Waals surface area contributed by atoms with E-state index in [1.54, 1.807) is 6.07 Å². The highest BCUT2D eigenvalue weighted by atomic mass is 16.4. The Labute approximate surface area is 92.9 Å². The first-order chi connectivity index (χ1) is 7.67. The summed E-state index contributed by atoms with van der Waals surface area (Å²) in [7, 11) is 0. The van der Waals surface area contributed by atoms with E-state index in [4.69, 9.17) is 16.8 Å². The minimum atomic E-state index is -0.973. The lowest BCUT2D eigenvalue weighted by Crippen LogP contribution is -2.30. The second-order valence-corrected chi connectivity index (χ2v) is 2.97. The first-order valence-electron chi connectivity index (χ1n) is 4.43. The third kappa shape index (κ3) is 3.00. The smallest absolute Gasteiger partial charge is 0.323 e. The van der Waals surface area contributed by atoms with E-state index >= 15 is 0 Å². The number of carbonyl (C=O) groups is 1. The van der Waals surface area contributed by atoms with Crippen molar-refractivity contribution in [3.05, 3.63) is 24.0 Å². The Morgan fingerprint density at radius 2 is 2.38 bits per heavy atom. The van der Waals surface area contributed by atoms with Gasteiger partial charge in [-0.15, -0.1) is 6.42 Å². The van der Waals surface area contributed by atoms with Gasteiger partial charge in [-0.05, 0) is 12.1 Å². The zero-order chi connectivity index (χ0) is 12.0. The number of pyridine rings is 1. The molecular formula is C11H9N3O2. The zero-order valence-electron chi connectivity index (χ0n) is 8.42. The first kappa shape index (κ1) is 11.5. The van der Waals surface area contributed by atoms with Crippen molar-refractivity contribution in [2.75, 3.05) is 18.0 Å². The number of aliphatic carboxylic acids is 1. The van der Waals surface area contributed by atoms with Gasteiger partial charge in [-0.2, -0.15) is 5.26 Å². The Hall–Kier alpha value is -2.53. The third-order valence-electron chi connectivity index (χ3n) is 1.84. The van der Waals surface area contributed by atoms with Crippen LogP contribution in [0.25, 0.3) is 0 Å². The Bertz CT molecular complexity index is 454. The number of terminal acetylenes is 1. The predicted octanol–water partition coefficient (Wildman–Crippen LogP) is 0.477. The van der Waals surface area contributed by atoms with Crippen LogP contribution in [0.15, 0.2) is 18.3 Å². The van der Waals surface area contributed by atoms with Gasteiger partial charge in [0.25, 0.3) is 0 Å². The zero-order valence-corrected chi connectivity index (χ0v) is 8.42. The number of aromatic nitrogens is 1. The molecule has 0 aliphatic rings. The number of anilines is 1. The molecule has 80 valence electrons. The molecule has 1 aromatic heterocycles. The van der Waals surface area contributed by atoms with Crippen molar-refractivity contribution < 1.29 is 9.90 Å². The summed E-state index contributed by atoms with van der Waals surface area (Å²) in [5.74, 6) is 1.40. The topological polar surface area (TPSA) is 77.2 Å². The van der Waals surface area contributed by atoms with Crippen LogP contribution in [0.2, 0.25) is 0 Å². The molecule has 0 saturated carbocycles. The highest BCUT2D eigenvalue weighted by Crippen LogP contribution is 2.12. The van der Waals surface area contributed by atoms with Gasteiger partial charge in [0.05, 0.1) is 18.4 Å². The maximum absolute atomic E-state index is 10.6. The monoisotopic (exact) mass is 215 g/mol. The Morgan fingerprint density at radius 1 is 1.62 bits per heavy atom. The van der Waals surface area contributed by atoms with Gasteiger partial charge in [-0.1, -0.05) is 5.92 Å². The number of hydrogen-bond donors (Lipinski definition) is 1. The van der Waals surface area contributed by atoms with Crippen molar-refractivity contribution in [3.8, 4) is 18.4 Å². The number of carboxylic acid groups (broad SMARTS) is 1. The predicted molar refractivity (Wildman–Crippen MR) is 57.6 cm³/mol. The van der Waals surface area contributed by atoms with Crippen LogP contribution >= 0.6 is 0 Å². The molecule has 0 amide bonds. The van der Waals surface area contributed by atoms with E-state index < -0.39 is 5.97 Å². The fraction of sp³-hybridized carbons (Fsp3) is 0.182. The molecule has 16 heavy (non-hydrogen) atoms. The third-order valence-corrected chi connectivity index (χ3v) is 1.84. The first-order valence-corrected chi connectivity index (χ1v) is 4.43. The second-order valence-electron chi connectivity index (χ2n) is 2.97. The van der Waals surface area contributed by atoms with Gasteiger partial charge >= 0.3 is 5.97 Å². The summed E-state index contributed by atoms with van der Waals surface area (Å²) >= 11 is 0. The van der Waals surface area contributed by atoms with E-state index in [1.165, 1.54) is 17.2 Å². The molecule has 0 saturated heterocycles. The van der Waals surface area contributed by atoms with E-state index in [-0.39, 0.29) is 18.8 Å². The van der Waals surface area contributed by atoms with Crippen molar-refractivity contribution in [2.24, 2.45) is 0 Å². The molecular weight excluding hydrogens is 206 g/mol. The number of hydrogen-bond acceptors (Lipinski definition) is 4. The van der Waals surface area contributed by atoms with E-state index in [2.05, 4.69) is 10.9 Å². The molecule has 1 rings (SSSR count). The van der Waals surface area contributed by atoms with Crippen LogP contribution in [-0.4, -0.2) is 29.1 Å². The molecule has 1 N–H and O–H groups in total. The summed E-state index contributed by atoms with van der Waals surface area (Å²) in [6.07, 6.45) is 6.57. The number of nitriles is 1. The lowest BCUT2D eigenvalue weighted by atomic mass is 10.3. The molecule has 0 radical (unpaired) electrons. The Balaban J connectivity index is 2.89. The van der Waals surface area contributed by atoms with Gasteiger partial charge in [-0.25, -0.2) is 4.98 Å². The van der Waals surface area contributed by atoms with Crippen LogP contribution in [0.1, 0.15) is 5.69 Å². The van der Waals surface area contributed by atoms with E-state index in [0.29, 0.717) is 5.69 Å². The van der Waals surface area contributed by atoms with Crippen LogP contribution in [-0.2, 0) is 4.79 Å². The molecule has 0 bridgehead atoms. The molecule has 5 heteroatoms.